The smallest absolute Gasteiger partial charge is 0.356 e. The number of nitrogens with zero attached hydrogens (tertiary/aromatic N) is 3. The number of aryl methyl sites for hydroxylation is 1. The van der Waals surface area contributed by atoms with E-state index < -0.39 is 5.97 Å². The molecule has 0 atom stereocenters. The van der Waals surface area contributed by atoms with Crippen molar-refractivity contribution in [1.82, 2.24) is 9.97 Å². The topological polar surface area (TPSA) is 85.1 Å². The van der Waals surface area contributed by atoms with Crippen molar-refractivity contribution in [2.75, 3.05) is 7.11 Å². The predicted molar refractivity (Wildman–Crippen MR) is 80.7 cm³/mol. The second-order valence-corrected chi connectivity index (χ2v) is 3.94. The predicted octanol–water partition coefficient (Wildman–Crippen LogP) is 3.26. The van der Waals surface area contributed by atoms with Gasteiger partial charge in [-0.15, -0.1) is 0 Å². The lowest BCUT2D eigenvalue weighted by Crippen LogP contribution is -2.05. The average molecular weight is 299 g/mol. The highest BCUT2D eigenvalue weighted by molar-refractivity contribution is 5.87. The summed E-state index contributed by atoms with van der Waals surface area (Å²) in [5.74, 6) is 0.294. The van der Waals surface area contributed by atoms with Gasteiger partial charge >= 0.3 is 5.97 Å². The summed E-state index contributed by atoms with van der Waals surface area (Å²) in [5, 5.41) is 8.80. The molecule has 0 unspecified atom stereocenters. The summed E-state index contributed by atoms with van der Waals surface area (Å²) in [6.45, 7) is 5.74. The molecule has 0 bridgehead atoms. The fourth-order valence-corrected chi connectivity index (χ4v) is 1.58. The van der Waals surface area contributed by atoms with Gasteiger partial charge in [-0.25, -0.2) is 9.78 Å². The zero-order valence-electron chi connectivity index (χ0n) is 13.0. The highest BCUT2D eigenvalue weighted by Crippen LogP contribution is 2.22. The van der Waals surface area contributed by atoms with Crippen molar-refractivity contribution in [3.63, 3.8) is 0 Å². The molecule has 0 aromatic carbocycles. The molecule has 0 aliphatic heterocycles. The monoisotopic (exact) mass is 299 g/mol. The van der Waals surface area contributed by atoms with Gasteiger partial charge in [0.2, 0.25) is 0 Å². The molecule has 0 radical (unpaired) electrons. The van der Waals surface area contributed by atoms with Crippen molar-refractivity contribution in [1.29, 1.82) is 5.26 Å². The fourth-order valence-electron chi connectivity index (χ4n) is 1.58. The van der Waals surface area contributed by atoms with E-state index >= 15 is 0 Å². The summed E-state index contributed by atoms with van der Waals surface area (Å²) in [4.78, 5) is 19.4. The number of ether oxygens (including phenoxy) is 2. The maximum absolute atomic E-state index is 11.5. The Morgan fingerprint density at radius 2 is 1.91 bits per heavy atom. The van der Waals surface area contributed by atoms with Crippen LogP contribution in [0, 0.1) is 18.3 Å². The van der Waals surface area contributed by atoms with E-state index in [1.54, 1.807) is 19.1 Å². The molecule has 0 saturated heterocycles. The molecule has 6 nitrogen and oxygen atoms in total. The third kappa shape index (κ3) is 4.56. The number of aromatic nitrogens is 2. The zero-order chi connectivity index (χ0) is 16.5. The molecule has 6 heteroatoms. The van der Waals surface area contributed by atoms with Crippen LogP contribution in [0.4, 0.5) is 0 Å². The Morgan fingerprint density at radius 3 is 2.55 bits per heavy atom. The summed E-state index contributed by atoms with van der Waals surface area (Å²) < 4.78 is 10.2. The molecule has 0 aliphatic carbocycles. The van der Waals surface area contributed by atoms with Crippen LogP contribution < -0.4 is 4.74 Å². The number of rotatable bonds is 3. The first kappa shape index (κ1) is 17.1. The first-order valence-electron chi connectivity index (χ1n) is 6.72. The van der Waals surface area contributed by atoms with Crippen LogP contribution in [0.1, 0.15) is 35.6 Å². The number of nitriles is 1. The van der Waals surface area contributed by atoms with Gasteiger partial charge in [0.15, 0.2) is 5.69 Å². The molecule has 0 spiro atoms. The van der Waals surface area contributed by atoms with Crippen molar-refractivity contribution in [2.45, 2.75) is 20.8 Å². The van der Waals surface area contributed by atoms with E-state index in [0.29, 0.717) is 22.8 Å². The first-order chi connectivity index (χ1) is 10.6. The largest absolute Gasteiger partial charge is 0.464 e. The number of methoxy groups -OCH3 is 1. The Morgan fingerprint density at radius 1 is 1.18 bits per heavy atom. The van der Waals surface area contributed by atoms with Crippen LogP contribution in [0.2, 0.25) is 0 Å². The van der Waals surface area contributed by atoms with E-state index in [2.05, 4.69) is 14.7 Å². The van der Waals surface area contributed by atoms with Crippen LogP contribution in [-0.2, 0) is 4.74 Å². The minimum Gasteiger partial charge on any atom is -0.464 e. The number of hydrogen-bond acceptors (Lipinski definition) is 6. The van der Waals surface area contributed by atoms with Gasteiger partial charge < -0.3 is 9.47 Å². The van der Waals surface area contributed by atoms with Gasteiger partial charge in [-0.1, -0.05) is 13.8 Å². The average Bonchev–Trinajstić information content (AvgIpc) is 2.55. The van der Waals surface area contributed by atoms with Gasteiger partial charge in [0.25, 0.3) is 0 Å². The van der Waals surface area contributed by atoms with Crippen molar-refractivity contribution in [3.05, 3.63) is 47.5 Å². The normalized spacial score (nSPS) is 9.05. The lowest BCUT2D eigenvalue weighted by Gasteiger charge is -2.07. The Kier molecular flexibility index (Phi) is 6.51. The molecule has 114 valence electrons. The maximum atomic E-state index is 11.5. The van der Waals surface area contributed by atoms with Crippen LogP contribution in [-0.4, -0.2) is 23.0 Å². The fraction of sp³-hybridized carbons (Fsp3) is 0.250. The van der Waals surface area contributed by atoms with Crippen LogP contribution in [0.5, 0.6) is 11.5 Å². The zero-order valence-corrected chi connectivity index (χ0v) is 13.0. The van der Waals surface area contributed by atoms with E-state index in [1.807, 2.05) is 19.9 Å². The molecular formula is C16H17N3O3. The van der Waals surface area contributed by atoms with E-state index in [4.69, 9.17) is 10.00 Å². The van der Waals surface area contributed by atoms with E-state index in [1.165, 1.54) is 25.6 Å². The molecule has 2 heterocycles. The quantitative estimate of drug-likeness (QED) is 0.809. The molecule has 0 aliphatic rings. The Balaban J connectivity index is 0.00000116. The van der Waals surface area contributed by atoms with Gasteiger partial charge in [0.1, 0.15) is 17.6 Å². The van der Waals surface area contributed by atoms with E-state index in [9.17, 15) is 4.79 Å². The Hall–Kier alpha value is -2.94. The van der Waals surface area contributed by atoms with Gasteiger partial charge in [-0.2, -0.15) is 5.26 Å². The Bertz CT molecular complexity index is 693. The van der Waals surface area contributed by atoms with Gasteiger partial charge in [-0.05, 0) is 6.92 Å². The summed E-state index contributed by atoms with van der Waals surface area (Å²) >= 11 is 0. The van der Waals surface area contributed by atoms with Crippen molar-refractivity contribution >= 4 is 5.97 Å². The van der Waals surface area contributed by atoms with Crippen LogP contribution in [0.15, 0.2) is 30.6 Å². The molecular weight excluding hydrogens is 282 g/mol. The SMILES string of the molecule is CC.COC(=O)c1cc(Oc2cncc(C#N)c2)cc(C)n1. The first-order valence-corrected chi connectivity index (χ1v) is 6.72. The van der Waals surface area contributed by atoms with Crippen LogP contribution >= 0.6 is 0 Å². The van der Waals surface area contributed by atoms with Gasteiger partial charge in [0.05, 0.1) is 18.9 Å². The molecule has 0 fully saturated rings. The number of hydrogen-bond donors (Lipinski definition) is 0. The summed E-state index contributed by atoms with van der Waals surface area (Å²) in [6, 6.07) is 6.67. The van der Waals surface area contributed by atoms with Crippen molar-refractivity contribution in [2.24, 2.45) is 0 Å². The van der Waals surface area contributed by atoms with E-state index in [-0.39, 0.29) is 5.69 Å². The number of carbonyl (C=O) groups excluding carboxylic acids is 1. The minimum absolute atomic E-state index is 0.159. The standard InChI is InChI=1S/C14H11N3O3.C2H6/c1-9-3-11(5-13(17-9)14(18)19-2)20-12-4-10(6-15)7-16-8-12;1-2/h3-5,7-8H,1-2H3;1-2H3. The second kappa shape index (κ2) is 8.37. The van der Waals surface area contributed by atoms with Crippen molar-refractivity contribution < 1.29 is 14.3 Å². The maximum Gasteiger partial charge on any atom is 0.356 e. The highest BCUT2D eigenvalue weighted by atomic mass is 16.5. The number of esters is 1. The number of carbonyl (C=O) groups is 1. The number of pyridine rings is 2. The molecule has 0 amide bonds. The summed E-state index contributed by atoms with van der Waals surface area (Å²) in [7, 11) is 1.28. The molecule has 0 N–H and O–H groups in total. The van der Waals surface area contributed by atoms with Crippen LogP contribution in [0.3, 0.4) is 0 Å². The molecule has 2 aromatic rings. The molecule has 22 heavy (non-hydrogen) atoms. The Labute approximate surface area is 129 Å². The van der Waals surface area contributed by atoms with E-state index in [0.717, 1.165) is 0 Å². The summed E-state index contributed by atoms with van der Waals surface area (Å²) in [6.07, 6.45) is 2.92. The highest BCUT2D eigenvalue weighted by Gasteiger charge is 2.10. The third-order valence-corrected chi connectivity index (χ3v) is 2.40. The van der Waals surface area contributed by atoms with Gasteiger partial charge in [-0.3, -0.25) is 4.98 Å². The third-order valence-electron chi connectivity index (χ3n) is 2.40. The minimum atomic E-state index is -0.539. The lowest BCUT2D eigenvalue weighted by molar-refractivity contribution is 0.0593. The lowest BCUT2D eigenvalue weighted by atomic mass is 10.3. The van der Waals surface area contributed by atoms with Crippen molar-refractivity contribution in [3.8, 4) is 17.6 Å². The van der Waals surface area contributed by atoms with Crippen LogP contribution in [0.25, 0.3) is 0 Å². The molecule has 2 rings (SSSR count). The summed E-state index contributed by atoms with van der Waals surface area (Å²) in [5.41, 5.74) is 1.17. The molecule has 0 saturated carbocycles. The van der Waals surface area contributed by atoms with Gasteiger partial charge in [0, 0.05) is 30.1 Å². The molecule has 2 aromatic heterocycles. The second-order valence-electron chi connectivity index (χ2n) is 3.94.